The highest BCUT2D eigenvalue weighted by atomic mass is 16.4. The van der Waals surface area contributed by atoms with Gasteiger partial charge in [0.1, 0.15) is 12.2 Å². The summed E-state index contributed by atoms with van der Waals surface area (Å²) < 4.78 is 5.38. The molecular formula is C13H13NO3. The van der Waals surface area contributed by atoms with E-state index in [9.17, 15) is 4.79 Å². The van der Waals surface area contributed by atoms with Gasteiger partial charge in [-0.05, 0) is 37.1 Å². The van der Waals surface area contributed by atoms with E-state index >= 15 is 0 Å². The Morgan fingerprint density at radius 3 is 2.76 bits per heavy atom. The number of carboxylic acids is 1. The number of carboxylic acid groups (broad SMARTS) is 1. The van der Waals surface area contributed by atoms with E-state index in [0.29, 0.717) is 11.7 Å². The normalized spacial score (nSPS) is 10.5. The third-order valence-electron chi connectivity index (χ3n) is 2.63. The number of hydrogen-bond acceptors (Lipinski definition) is 3. The Kier molecular flexibility index (Phi) is 2.95. The smallest absolute Gasteiger partial charge is 0.311 e. The molecule has 0 saturated carbocycles. The highest BCUT2D eigenvalue weighted by Gasteiger charge is 2.09. The quantitative estimate of drug-likeness (QED) is 0.881. The van der Waals surface area contributed by atoms with Crippen LogP contribution in [-0.2, 0) is 11.2 Å². The van der Waals surface area contributed by atoms with Crippen LogP contribution < -0.4 is 0 Å². The fraction of sp³-hybridized carbons (Fsp3) is 0.231. The van der Waals surface area contributed by atoms with Gasteiger partial charge in [0.05, 0.1) is 6.20 Å². The van der Waals surface area contributed by atoms with Crippen LogP contribution in [0.1, 0.15) is 16.9 Å². The molecule has 0 saturated heterocycles. The molecule has 1 N–H and O–H groups in total. The van der Waals surface area contributed by atoms with E-state index in [1.54, 1.807) is 0 Å². The van der Waals surface area contributed by atoms with Crippen LogP contribution in [0.2, 0.25) is 0 Å². The van der Waals surface area contributed by atoms with Gasteiger partial charge in [-0.25, -0.2) is 4.98 Å². The summed E-state index contributed by atoms with van der Waals surface area (Å²) >= 11 is 0. The molecule has 1 aromatic heterocycles. The van der Waals surface area contributed by atoms with E-state index in [-0.39, 0.29) is 6.42 Å². The first kappa shape index (κ1) is 11.4. The summed E-state index contributed by atoms with van der Waals surface area (Å²) in [6.07, 6.45) is 1.32. The molecule has 4 heteroatoms. The Morgan fingerprint density at radius 1 is 1.35 bits per heavy atom. The summed E-state index contributed by atoms with van der Waals surface area (Å²) in [6, 6.07) is 5.89. The fourth-order valence-electron chi connectivity index (χ4n) is 1.55. The van der Waals surface area contributed by atoms with E-state index in [0.717, 1.165) is 11.1 Å². The lowest BCUT2D eigenvalue weighted by Gasteiger charge is -2.01. The molecule has 88 valence electrons. The molecule has 0 aliphatic heterocycles. The zero-order valence-corrected chi connectivity index (χ0v) is 9.73. The largest absolute Gasteiger partial charge is 0.481 e. The molecule has 0 radical (unpaired) electrons. The van der Waals surface area contributed by atoms with Crippen molar-refractivity contribution in [1.29, 1.82) is 0 Å². The number of oxazole rings is 1. The summed E-state index contributed by atoms with van der Waals surface area (Å²) in [5.74, 6) is -0.0946. The number of aromatic nitrogens is 1. The third-order valence-corrected chi connectivity index (χ3v) is 2.63. The van der Waals surface area contributed by atoms with Crippen molar-refractivity contribution in [2.75, 3.05) is 0 Å². The van der Waals surface area contributed by atoms with Gasteiger partial charge in [-0.3, -0.25) is 4.79 Å². The van der Waals surface area contributed by atoms with Crippen molar-refractivity contribution < 1.29 is 14.3 Å². The van der Waals surface area contributed by atoms with Crippen LogP contribution >= 0.6 is 0 Å². The van der Waals surface area contributed by atoms with Crippen LogP contribution in [0.3, 0.4) is 0 Å². The fourth-order valence-corrected chi connectivity index (χ4v) is 1.55. The standard InChI is InChI=1S/C13H13NO3/c1-8-3-4-10(5-9(8)2)13-14-7-11(17-13)6-12(15)16/h3-5,7H,6H2,1-2H3,(H,15,16). The first-order valence-electron chi connectivity index (χ1n) is 5.30. The lowest BCUT2D eigenvalue weighted by Crippen LogP contribution is -1.97. The van der Waals surface area contributed by atoms with Crippen molar-refractivity contribution in [1.82, 2.24) is 4.98 Å². The Bertz CT molecular complexity index is 558. The maximum atomic E-state index is 10.5. The van der Waals surface area contributed by atoms with Gasteiger partial charge in [-0.2, -0.15) is 0 Å². The first-order valence-corrected chi connectivity index (χ1v) is 5.30. The predicted molar refractivity (Wildman–Crippen MR) is 62.8 cm³/mol. The number of benzene rings is 1. The minimum absolute atomic E-state index is 0.141. The Balaban J connectivity index is 2.30. The molecule has 2 aromatic rings. The zero-order valence-electron chi connectivity index (χ0n) is 9.73. The van der Waals surface area contributed by atoms with Gasteiger partial charge >= 0.3 is 5.97 Å². The predicted octanol–water partition coefficient (Wildman–Crippen LogP) is 2.59. The van der Waals surface area contributed by atoms with Crippen LogP contribution in [0, 0.1) is 13.8 Å². The van der Waals surface area contributed by atoms with Crippen LogP contribution in [0.25, 0.3) is 11.5 Å². The maximum Gasteiger partial charge on any atom is 0.311 e. The van der Waals surface area contributed by atoms with Crippen LogP contribution in [0.4, 0.5) is 0 Å². The average Bonchev–Trinajstić information content (AvgIpc) is 2.69. The molecule has 1 aromatic carbocycles. The lowest BCUT2D eigenvalue weighted by atomic mass is 10.1. The number of aliphatic carboxylic acids is 1. The van der Waals surface area contributed by atoms with Crippen molar-refractivity contribution in [3.8, 4) is 11.5 Å². The molecule has 1 heterocycles. The summed E-state index contributed by atoms with van der Waals surface area (Å²) in [4.78, 5) is 14.6. The number of hydrogen-bond donors (Lipinski definition) is 1. The van der Waals surface area contributed by atoms with Crippen LogP contribution in [0.15, 0.2) is 28.8 Å². The van der Waals surface area contributed by atoms with Gasteiger partial charge in [-0.15, -0.1) is 0 Å². The van der Waals surface area contributed by atoms with E-state index in [1.807, 2.05) is 32.0 Å². The number of aryl methyl sites for hydroxylation is 2. The first-order chi connectivity index (χ1) is 8.06. The Labute approximate surface area is 98.9 Å². The topological polar surface area (TPSA) is 63.3 Å². The van der Waals surface area contributed by atoms with E-state index in [4.69, 9.17) is 9.52 Å². The summed E-state index contributed by atoms with van der Waals surface area (Å²) in [6.45, 7) is 4.05. The van der Waals surface area contributed by atoms with E-state index < -0.39 is 5.97 Å². The van der Waals surface area contributed by atoms with Crippen molar-refractivity contribution in [2.45, 2.75) is 20.3 Å². The maximum absolute atomic E-state index is 10.5. The van der Waals surface area contributed by atoms with Crippen molar-refractivity contribution in [2.24, 2.45) is 0 Å². The molecule has 0 bridgehead atoms. The molecule has 0 fully saturated rings. The van der Waals surface area contributed by atoms with Crippen molar-refractivity contribution in [3.63, 3.8) is 0 Å². The minimum Gasteiger partial charge on any atom is -0.481 e. The zero-order chi connectivity index (χ0) is 12.4. The van der Waals surface area contributed by atoms with Crippen molar-refractivity contribution >= 4 is 5.97 Å². The average molecular weight is 231 g/mol. The number of rotatable bonds is 3. The summed E-state index contributed by atoms with van der Waals surface area (Å²) in [5, 5.41) is 8.64. The molecule has 2 rings (SSSR count). The molecule has 4 nitrogen and oxygen atoms in total. The highest BCUT2D eigenvalue weighted by Crippen LogP contribution is 2.22. The van der Waals surface area contributed by atoms with Crippen molar-refractivity contribution in [3.05, 3.63) is 41.3 Å². The second-order valence-corrected chi connectivity index (χ2v) is 4.00. The second kappa shape index (κ2) is 4.41. The molecule has 0 spiro atoms. The molecule has 0 aliphatic rings. The summed E-state index contributed by atoms with van der Waals surface area (Å²) in [7, 11) is 0. The van der Waals surface area contributed by atoms with Gasteiger partial charge in [0.15, 0.2) is 0 Å². The monoisotopic (exact) mass is 231 g/mol. The number of nitrogens with zero attached hydrogens (tertiary/aromatic N) is 1. The molecular weight excluding hydrogens is 218 g/mol. The van der Waals surface area contributed by atoms with Crippen LogP contribution in [-0.4, -0.2) is 16.1 Å². The van der Waals surface area contributed by atoms with E-state index in [2.05, 4.69) is 4.98 Å². The molecule has 0 atom stereocenters. The van der Waals surface area contributed by atoms with Crippen LogP contribution in [0.5, 0.6) is 0 Å². The number of carbonyl (C=O) groups is 1. The molecule has 0 aliphatic carbocycles. The Hall–Kier alpha value is -2.10. The lowest BCUT2D eigenvalue weighted by molar-refractivity contribution is -0.136. The van der Waals surface area contributed by atoms with Gasteiger partial charge < -0.3 is 9.52 Å². The highest BCUT2D eigenvalue weighted by molar-refractivity contribution is 5.69. The molecule has 0 amide bonds. The Morgan fingerprint density at radius 2 is 2.12 bits per heavy atom. The molecule has 0 unspecified atom stereocenters. The molecule has 17 heavy (non-hydrogen) atoms. The second-order valence-electron chi connectivity index (χ2n) is 4.00. The van der Waals surface area contributed by atoms with Gasteiger partial charge in [0, 0.05) is 5.56 Å². The summed E-state index contributed by atoms with van der Waals surface area (Å²) in [5.41, 5.74) is 3.22. The SMILES string of the molecule is Cc1ccc(-c2ncc(CC(=O)O)o2)cc1C. The van der Waals surface area contributed by atoms with E-state index in [1.165, 1.54) is 11.8 Å². The minimum atomic E-state index is -0.923. The van der Waals surface area contributed by atoms with Gasteiger partial charge in [-0.1, -0.05) is 6.07 Å². The van der Waals surface area contributed by atoms with Gasteiger partial charge in [0.2, 0.25) is 5.89 Å². The third kappa shape index (κ3) is 2.53. The van der Waals surface area contributed by atoms with Gasteiger partial charge in [0.25, 0.3) is 0 Å².